The van der Waals surface area contributed by atoms with Crippen LogP contribution in [0.15, 0.2) is 60.7 Å². The van der Waals surface area contributed by atoms with Crippen LogP contribution >= 0.6 is 11.3 Å². The Hall–Kier alpha value is -2.96. The van der Waals surface area contributed by atoms with E-state index in [1.165, 1.54) is 12.1 Å². The summed E-state index contributed by atoms with van der Waals surface area (Å²) in [5.41, 5.74) is 2.44. The van der Waals surface area contributed by atoms with Crippen molar-refractivity contribution in [3.63, 3.8) is 0 Å². The van der Waals surface area contributed by atoms with Gasteiger partial charge in [-0.25, -0.2) is 4.98 Å². The Balaban J connectivity index is 1.65. The summed E-state index contributed by atoms with van der Waals surface area (Å²) in [6.45, 7) is 3.03. The van der Waals surface area contributed by atoms with Gasteiger partial charge >= 0.3 is 0 Å². The molecule has 4 rings (SSSR count). The predicted octanol–water partition coefficient (Wildman–Crippen LogP) is 4.25. The Labute approximate surface area is 167 Å². The fourth-order valence-electron chi connectivity index (χ4n) is 3.00. The molecule has 1 aliphatic rings. The molecule has 1 aromatic heterocycles. The van der Waals surface area contributed by atoms with E-state index in [-0.39, 0.29) is 11.5 Å². The summed E-state index contributed by atoms with van der Waals surface area (Å²) >= 11 is 1.58. The molecule has 1 N–H and O–H groups in total. The van der Waals surface area contributed by atoms with E-state index in [1.54, 1.807) is 29.5 Å². The summed E-state index contributed by atoms with van der Waals surface area (Å²) < 4.78 is 5.44. The zero-order valence-electron chi connectivity index (χ0n) is 15.2. The molecule has 1 fully saturated rings. The number of thiazole rings is 1. The molecule has 2 heterocycles. The molecule has 0 saturated carbocycles. The van der Waals surface area contributed by atoms with Gasteiger partial charge in [-0.15, -0.1) is 0 Å². The molecule has 0 amide bonds. The predicted molar refractivity (Wildman–Crippen MR) is 112 cm³/mol. The number of aromatic hydroxyl groups is 1. The third-order valence-corrected chi connectivity index (χ3v) is 5.59. The molecule has 0 spiro atoms. The number of phenolic OH excluding ortho intramolecular Hbond substituents is 1. The number of aromatic nitrogens is 1. The van der Waals surface area contributed by atoms with Gasteiger partial charge in [0.15, 0.2) is 10.9 Å². The Bertz CT molecular complexity index is 975. The zero-order chi connectivity index (χ0) is 19.3. The molecule has 0 atom stereocenters. The third kappa shape index (κ3) is 4.13. The number of benzene rings is 2. The van der Waals surface area contributed by atoms with E-state index < -0.39 is 0 Å². The van der Waals surface area contributed by atoms with Crippen molar-refractivity contribution in [1.82, 2.24) is 4.98 Å². The van der Waals surface area contributed by atoms with Gasteiger partial charge in [0.1, 0.15) is 5.75 Å². The zero-order valence-corrected chi connectivity index (χ0v) is 16.1. The fourth-order valence-corrected chi connectivity index (χ4v) is 4.04. The van der Waals surface area contributed by atoms with Crippen LogP contribution in [0.3, 0.4) is 0 Å². The number of rotatable bonds is 5. The van der Waals surface area contributed by atoms with Gasteiger partial charge < -0.3 is 14.7 Å². The van der Waals surface area contributed by atoms with E-state index in [2.05, 4.69) is 4.90 Å². The van der Waals surface area contributed by atoms with Crippen molar-refractivity contribution < 1.29 is 14.6 Å². The number of nitrogens with zero attached hydrogens (tertiary/aromatic N) is 2. The molecule has 1 aliphatic heterocycles. The lowest BCUT2D eigenvalue weighted by Crippen LogP contribution is -2.36. The van der Waals surface area contributed by atoms with E-state index in [0.717, 1.165) is 34.4 Å². The second-order valence-corrected chi connectivity index (χ2v) is 7.43. The van der Waals surface area contributed by atoms with Crippen molar-refractivity contribution in [2.75, 3.05) is 31.2 Å². The largest absolute Gasteiger partial charge is 0.508 e. The average Bonchev–Trinajstić information content (AvgIpc) is 3.18. The first-order valence-electron chi connectivity index (χ1n) is 9.11. The lowest BCUT2D eigenvalue weighted by atomic mass is 10.1. The molecule has 0 radical (unpaired) electrons. The third-order valence-electron chi connectivity index (χ3n) is 4.51. The van der Waals surface area contributed by atoms with Crippen LogP contribution in [0.1, 0.15) is 15.2 Å². The molecule has 2 aromatic carbocycles. The summed E-state index contributed by atoms with van der Waals surface area (Å²) in [4.78, 5) is 20.5. The first-order chi connectivity index (χ1) is 13.7. The van der Waals surface area contributed by atoms with E-state index in [0.29, 0.717) is 18.8 Å². The molecule has 28 heavy (non-hydrogen) atoms. The van der Waals surface area contributed by atoms with E-state index in [9.17, 15) is 9.90 Å². The van der Waals surface area contributed by atoms with Gasteiger partial charge in [0, 0.05) is 24.2 Å². The van der Waals surface area contributed by atoms with Crippen molar-refractivity contribution in [3.8, 4) is 17.0 Å². The number of hydrogen-bond donors (Lipinski definition) is 1. The minimum Gasteiger partial charge on any atom is -0.508 e. The summed E-state index contributed by atoms with van der Waals surface area (Å²) in [5, 5.41) is 10.3. The Morgan fingerprint density at radius 3 is 2.50 bits per heavy atom. The average molecular weight is 392 g/mol. The molecule has 0 bridgehead atoms. The molecule has 0 aliphatic carbocycles. The van der Waals surface area contributed by atoms with E-state index >= 15 is 0 Å². The molecule has 5 nitrogen and oxygen atoms in total. The normalized spacial score (nSPS) is 14.5. The van der Waals surface area contributed by atoms with E-state index in [1.807, 2.05) is 36.4 Å². The van der Waals surface area contributed by atoms with Crippen molar-refractivity contribution in [3.05, 3.63) is 71.1 Å². The van der Waals surface area contributed by atoms with Crippen LogP contribution in [0.4, 0.5) is 5.13 Å². The van der Waals surface area contributed by atoms with E-state index in [4.69, 9.17) is 9.72 Å². The lowest BCUT2D eigenvalue weighted by Gasteiger charge is -2.26. The van der Waals surface area contributed by atoms with Crippen LogP contribution in [-0.4, -0.2) is 42.2 Å². The first kappa shape index (κ1) is 18.4. The monoisotopic (exact) mass is 392 g/mol. The number of allylic oxidation sites excluding steroid dienone is 1. The maximum atomic E-state index is 12.5. The van der Waals surface area contributed by atoms with Gasteiger partial charge in [0.25, 0.3) is 0 Å². The number of hydrogen-bond acceptors (Lipinski definition) is 6. The van der Waals surface area contributed by atoms with Gasteiger partial charge in [-0.3, -0.25) is 4.79 Å². The quantitative estimate of drug-likeness (QED) is 0.520. The standard InChI is InChI=1S/C22H20N2O3S/c25-18-8-6-16(7-9-18)19(26)10-11-20-21(17-4-2-1-3-5-17)23-22(28-20)24-12-14-27-15-13-24/h1-11,25H,12-15H2/b11-10+. The highest BCUT2D eigenvalue weighted by Crippen LogP contribution is 2.34. The number of anilines is 1. The number of ether oxygens (including phenoxy) is 1. The maximum Gasteiger partial charge on any atom is 0.186 e. The second kappa shape index (κ2) is 8.37. The molecular weight excluding hydrogens is 372 g/mol. The highest BCUT2D eigenvalue weighted by molar-refractivity contribution is 7.17. The Morgan fingerprint density at radius 2 is 1.79 bits per heavy atom. The Kier molecular flexibility index (Phi) is 5.50. The van der Waals surface area contributed by atoms with Gasteiger partial charge in [0.05, 0.1) is 23.8 Å². The number of ketones is 1. The summed E-state index contributed by atoms with van der Waals surface area (Å²) in [6.07, 6.45) is 3.40. The highest BCUT2D eigenvalue weighted by Gasteiger charge is 2.18. The van der Waals surface area contributed by atoms with Crippen LogP contribution in [0.2, 0.25) is 0 Å². The van der Waals surface area contributed by atoms with Crippen molar-refractivity contribution in [2.24, 2.45) is 0 Å². The van der Waals surface area contributed by atoms with Gasteiger partial charge in [0.2, 0.25) is 0 Å². The van der Waals surface area contributed by atoms with Crippen LogP contribution in [-0.2, 0) is 4.74 Å². The second-order valence-electron chi connectivity index (χ2n) is 6.42. The minimum atomic E-state index is -0.111. The molecule has 1 saturated heterocycles. The topological polar surface area (TPSA) is 62.7 Å². The number of morpholine rings is 1. The van der Waals surface area contributed by atoms with Gasteiger partial charge in [-0.1, -0.05) is 41.7 Å². The van der Waals surface area contributed by atoms with Crippen LogP contribution < -0.4 is 4.90 Å². The molecular formula is C22H20N2O3S. The lowest BCUT2D eigenvalue weighted by molar-refractivity contribution is 0.104. The smallest absolute Gasteiger partial charge is 0.186 e. The van der Waals surface area contributed by atoms with Crippen molar-refractivity contribution in [1.29, 1.82) is 0 Å². The van der Waals surface area contributed by atoms with Gasteiger partial charge in [-0.05, 0) is 36.4 Å². The molecule has 6 heteroatoms. The maximum absolute atomic E-state index is 12.5. The Morgan fingerprint density at radius 1 is 1.07 bits per heavy atom. The number of phenols is 1. The van der Waals surface area contributed by atoms with Gasteiger partial charge in [-0.2, -0.15) is 0 Å². The molecule has 0 unspecified atom stereocenters. The first-order valence-corrected chi connectivity index (χ1v) is 9.93. The summed E-state index contributed by atoms with van der Waals surface area (Å²) in [6, 6.07) is 16.3. The summed E-state index contributed by atoms with van der Waals surface area (Å²) in [5.74, 6) is 0.0323. The van der Waals surface area contributed by atoms with Crippen LogP contribution in [0.25, 0.3) is 17.3 Å². The number of carbonyl (C=O) groups is 1. The molecule has 3 aromatic rings. The van der Waals surface area contributed by atoms with Crippen molar-refractivity contribution >= 4 is 28.3 Å². The summed E-state index contributed by atoms with van der Waals surface area (Å²) in [7, 11) is 0. The SMILES string of the molecule is O=C(/C=C/c1sc(N2CCOCC2)nc1-c1ccccc1)c1ccc(O)cc1. The minimum absolute atomic E-state index is 0.111. The van der Waals surface area contributed by atoms with Crippen molar-refractivity contribution in [2.45, 2.75) is 0 Å². The molecule has 142 valence electrons. The highest BCUT2D eigenvalue weighted by atomic mass is 32.1. The fraction of sp³-hybridized carbons (Fsp3) is 0.182. The van der Waals surface area contributed by atoms with Crippen LogP contribution in [0.5, 0.6) is 5.75 Å². The van der Waals surface area contributed by atoms with Crippen LogP contribution in [0, 0.1) is 0 Å². The number of carbonyl (C=O) groups excluding carboxylic acids is 1.